The van der Waals surface area contributed by atoms with Crippen molar-refractivity contribution in [3.8, 4) is 5.75 Å². The number of anilines is 2. The Balaban J connectivity index is 1.10. The first kappa shape index (κ1) is 31.6. The Morgan fingerprint density at radius 2 is 1.83 bits per heavy atom. The lowest BCUT2D eigenvalue weighted by molar-refractivity contribution is -0.117. The fourth-order valence-corrected chi connectivity index (χ4v) is 7.34. The summed E-state index contributed by atoms with van der Waals surface area (Å²) in [6.45, 7) is 3.70. The quantitative estimate of drug-likeness (QED) is 0.299. The van der Waals surface area contributed by atoms with E-state index in [0.717, 1.165) is 61.3 Å². The van der Waals surface area contributed by atoms with Crippen molar-refractivity contribution in [3.63, 3.8) is 0 Å². The number of aliphatic hydroxyl groups is 1. The van der Waals surface area contributed by atoms with Crippen molar-refractivity contribution in [3.05, 3.63) is 89.2 Å². The summed E-state index contributed by atoms with van der Waals surface area (Å²) in [5.41, 5.74) is 2.89. The molecule has 9 nitrogen and oxygen atoms in total. The molecule has 2 amide bonds. The van der Waals surface area contributed by atoms with E-state index in [1.165, 1.54) is 17.0 Å². The van der Waals surface area contributed by atoms with Crippen LogP contribution in [0.25, 0.3) is 0 Å². The Bertz CT molecular complexity index is 1590. The van der Waals surface area contributed by atoms with Crippen molar-refractivity contribution >= 4 is 23.2 Å². The molecule has 0 radical (unpaired) electrons. The molecule has 3 aliphatic heterocycles. The van der Waals surface area contributed by atoms with Crippen LogP contribution in [0.5, 0.6) is 5.75 Å². The number of halogens is 1. The fraction of sp³-hybridized carbons (Fsp3) is 0.459. The molecule has 1 spiro atoms. The van der Waals surface area contributed by atoms with Gasteiger partial charge in [-0.25, -0.2) is 4.39 Å². The number of fused-ring (bicyclic) bond motifs is 1. The lowest BCUT2D eigenvalue weighted by atomic mass is 9.73. The number of nitrogens with one attached hydrogen (secondary N) is 2. The lowest BCUT2D eigenvalue weighted by Crippen LogP contribution is -2.52. The van der Waals surface area contributed by atoms with Gasteiger partial charge in [-0.1, -0.05) is 36.4 Å². The van der Waals surface area contributed by atoms with Gasteiger partial charge >= 0.3 is 0 Å². The normalized spacial score (nSPS) is 21.5. The van der Waals surface area contributed by atoms with Crippen molar-refractivity contribution in [2.45, 2.75) is 68.7 Å². The fourth-order valence-electron chi connectivity index (χ4n) is 7.34. The number of carbonyl (C=O) groups is 2. The van der Waals surface area contributed by atoms with Crippen LogP contribution in [0.1, 0.15) is 66.1 Å². The van der Waals surface area contributed by atoms with Crippen molar-refractivity contribution in [1.29, 1.82) is 0 Å². The minimum Gasteiger partial charge on any atom is -0.487 e. The lowest BCUT2D eigenvalue weighted by Gasteiger charge is -2.48. The van der Waals surface area contributed by atoms with E-state index in [-0.39, 0.29) is 35.3 Å². The summed E-state index contributed by atoms with van der Waals surface area (Å²) in [6.07, 6.45) is 4.32. The number of carbonyl (C=O) groups excluding carboxylic acids is 2. The maximum absolute atomic E-state index is 15.7. The van der Waals surface area contributed by atoms with Crippen molar-refractivity contribution < 1.29 is 28.6 Å². The van der Waals surface area contributed by atoms with Crippen molar-refractivity contribution in [2.24, 2.45) is 0 Å². The van der Waals surface area contributed by atoms with E-state index in [2.05, 4.69) is 33.7 Å². The Morgan fingerprint density at radius 1 is 1.02 bits per heavy atom. The van der Waals surface area contributed by atoms with Crippen LogP contribution in [-0.4, -0.2) is 74.1 Å². The third kappa shape index (κ3) is 6.72. The van der Waals surface area contributed by atoms with E-state index < -0.39 is 23.9 Å². The summed E-state index contributed by atoms with van der Waals surface area (Å²) in [4.78, 5) is 29.6. The van der Waals surface area contributed by atoms with Gasteiger partial charge in [0, 0.05) is 56.3 Å². The predicted octanol–water partition coefficient (Wildman–Crippen LogP) is 4.53. The number of morpholine rings is 1. The van der Waals surface area contributed by atoms with Gasteiger partial charge in [0.15, 0.2) is 5.82 Å². The van der Waals surface area contributed by atoms with Crippen molar-refractivity contribution in [2.75, 3.05) is 49.2 Å². The molecule has 3 heterocycles. The zero-order valence-electron chi connectivity index (χ0n) is 26.6. The Morgan fingerprint density at radius 3 is 2.55 bits per heavy atom. The van der Waals surface area contributed by atoms with Gasteiger partial charge in [-0.05, 0) is 68.0 Å². The number of hydrogen-bond acceptors (Lipinski definition) is 7. The molecule has 3 aromatic rings. The van der Waals surface area contributed by atoms with Gasteiger partial charge in [0.1, 0.15) is 11.4 Å². The van der Waals surface area contributed by atoms with Crippen LogP contribution in [0, 0.1) is 5.82 Å². The number of ether oxygens (including phenoxy) is 2. The average Bonchev–Trinajstić information content (AvgIpc) is 3.51. The van der Waals surface area contributed by atoms with Crippen LogP contribution in [0.3, 0.4) is 0 Å². The minimum atomic E-state index is -0.975. The molecule has 4 aliphatic rings. The van der Waals surface area contributed by atoms with E-state index in [0.29, 0.717) is 39.0 Å². The van der Waals surface area contributed by atoms with Gasteiger partial charge in [-0.3, -0.25) is 9.59 Å². The van der Waals surface area contributed by atoms with Gasteiger partial charge in [-0.2, -0.15) is 0 Å². The van der Waals surface area contributed by atoms with Gasteiger partial charge in [-0.15, -0.1) is 0 Å². The average molecular weight is 643 g/mol. The zero-order chi connectivity index (χ0) is 32.4. The highest BCUT2D eigenvalue weighted by Crippen LogP contribution is 2.49. The third-order valence-electron chi connectivity index (χ3n) is 10.2. The summed E-state index contributed by atoms with van der Waals surface area (Å²) in [6, 6.07) is 19.8. The van der Waals surface area contributed by atoms with Gasteiger partial charge < -0.3 is 35.0 Å². The molecule has 1 saturated carbocycles. The molecule has 3 atom stereocenters. The van der Waals surface area contributed by atoms with E-state index in [1.807, 2.05) is 30.3 Å². The SMILES string of the molecule is O=C(N[C@@H](Cc1ccccc1)[C@@H](O)CN[C@H]1CC2(CCC2)Oc2ccc(N3CCOCC3)cc21)c1cccc(N2CCCC2=O)c1F. The van der Waals surface area contributed by atoms with Crippen molar-refractivity contribution in [1.82, 2.24) is 10.6 Å². The molecule has 10 heteroatoms. The first-order valence-electron chi connectivity index (χ1n) is 16.9. The van der Waals surface area contributed by atoms with Crippen LogP contribution in [0.4, 0.5) is 15.8 Å². The first-order valence-corrected chi connectivity index (χ1v) is 16.9. The summed E-state index contributed by atoms with van der Waals surface area (Å²) in [7, 11) is 0. The molecule has 47 heavy (non-hydrogen) atoms. The predicted molar refractivity (Wildman–Crippen MR) is 177 cm³/mol. The monoisotopic (exact) mass is 642 g/mol. The molecule has 2 saturated heterocycles. The molecule has 0 aromatic heterocycles. The van der Waals surface area contributed by atoms with Gasteiger partial charge in [0.05, 0.1) is 36.6 Å². The maximum atomic E-state index is 15.7. The summed E-state index contributed by atoms with van der Waals surface area (Å²) in [5, 5.41) is 18.2. The third-order valence-corrected chi connectivity index (χ3v) is 10.2. The molecule has 3 fully saturated rings. The summed E-state index contributed by atoms with van der Waals surface area (Å²) < 4.78 is 27.8. The summed E-state index contributed by atoms with van der Waals surface area (Å²) in [5.74, 6) is -0.635. The summed E-state index contributed by atoms with van der Waals surface area (Å²) >= 11 is 0. The molecular weight excluding hydrogens is 599 g/mol. The molecular formula is C37H43FN4O5. The van der Waals surface area contributed by atoms with Crippen LogP contribution in [0.15, 0.2) is 66.7 Å². The highest BCUT2D eigenvalue weighted by molar-refractivity contribution is 5.99. The second-order valence-corrected chi connectivity index (χ2v) is 13.2. The number of nitrogens with zero attached hydrogens (tertiary/aromatic N) is 2. The molecule has 3 N–H and O–H groups in total. The minimum absolute atomic E-state index is 0.0464. The number of rotatable bonds is 10. The molecule has 1 aliphatic carbocycles. The van der Waals surface area contributed by atoms with Crippen LogP contribution in [0.2, 0.25) is 0 Å². The highest BCUT2D eigenvalue weighted by atomic mass is 19.1. The Hall–Kier alpha value is -3.99. The second kappa shape index (κ2) is 13.6. The number of benzene rings is 3. The molecule has 0 unspecified atom stereocenters. The van der Waals surface area contributed by atoms with E-state index in [1.54, 1.807) is 6.07 Å². The van der Waals surface area contributed by atoms with Crippen LogP contribution < -0.4 is 25.2 Å². The Labute approximate surface area is 275 Å². The molecule has 248 valence electrons. The highest BCUT2D eigenvalue weighted by Gasteiger charge is 2.46. The van der Waals surface area contributed by atoms with E-state index in [9.17, 15) is 14.7 Å². The zero-order valence-corrected chi connectivity index (χ0v) is 26.6. The second-order valence-electron chi connectivity index (χ2n) is 13.2. The van der Waals surface area contributed by atoms with Crippen LogP contribution >= 0.6 is 0 Å². The number of aliphatic hydroxyl groups excluding tert-OH is 1. The number of hydrogen-bond donors (Lipinski definition) is 3. The topological polar surface area (TPSA) is 103 Å². The molecule has 7 rings (SSSR count). The van der Waals surface area contributed by atoms with E-state index >= 15 is 4.39 Å². The smallest absolute Gasteiger partial charge is 0.254 e. The van der Waals surface area contributed by atoms with Gasteiger partial charge in [0.2, 0.25) is 5.91 Å². The standard InChI is InChI=1S/C37H43FN4O5/c38-35-27(9-4-10-31(35)42-16-5-11-34(42)44)36(45)40-29(21-25-7-2-1-3-8-25)32(43)24-39-30-23-37(14-6-15-37)47-33-13-12-26(22-28(30)33)41-17-19-46-20-18-41/h1-4,7-10,12-13,22,29-30,32,39,43H,5-6,11,14-21,23-24H2,(H,40,45)/t29-,30-,32-/m0/s1. The largest absolute Gasteiger partial charge is 0.487 e. The molecule has 3 aromatic carbocycles. The molecule has 0 bridgehead atoms. The van der Waals surface area contributed by atoms with Crippen LogP contribution in [-0.2, 0) is 16.0 Å². The Kier molecular flexibility index (Phi) is 9.16. The van der Waals surface area contributed by atoms with Gasteiger partial charge in [0.25, 0.3) is 5.91 Å². The number of amides is 2. The first-order chi connectivity index (χ1) is 22.9. The maximum Gasteiger partial charge on any atom is 0.254 e. The van der Waals surface area contributed by atoms with E-state index in [4.69, 9.17) is 9.47 Å².